The minimum atomic E-state index is 0. The average Bonchev–Trinajstić information content (AvgIpc) is 3.01. The molecule has 0 spiro atoms. The molecule has 1 aromatic carbocycles. The molecule has 0 aliphatic carbocycles. The fraction of sp³-hybridized carbons (Fsp3) is 0.353. The second kappa shape index (κ2) is 6.53. The van der Waals surface area contributed by atoms with Gasteiger partial charge >= 0.3 is 0 Å². The van der Waals surface area contributed by atoms with E-state index in [2.05, 4.69) is 48.2 Å². The Hall–Kier alpha value is -1.87. The summed E-state index contributed by atoms with van der Waals surface area (Å²) in [5.41, 5.74) is 4.84. The van der Waals surface area contributed by atoms with E-state index >= 15 is 0 Å². The lowest BCUT2D eigenvalue weighted by molar-refractivity contribution is 0.824. The summed E-state index contributed by atoms with van der Waals surface area (Å²) in [7, 11) is 0. The number of aryl methyl sites for hydroxylation is 1. The monoisotopic (exact) mass is 272 g/mol. The molecule has 1 aromatic heterocycles. The van der Waals surface area contributed by atoms with Crippen LogP contribution in [0.2, 0.25) is 0 Å². The zero-order valence-electron chi connectivity index (χ0n) is 12.0. The quantitative estimate of drug-likeness (QED) is 0.860. The lowest BCUT2D eigenvalue weighted by atomic mass is 10.1. The summed E-state index contributed by atoms with van der Waals surface area (Å²) in [6, 6.07) is 14.8. The van der Waals surface area contributed by atoms with Gasteiger partial charge in [-0.05, 0) is 31.4 Å². The first-order valence-corrected chi connectivity index (χ1v) is 7.19. The van der Waals surface area contributed by atoms with Crippen LogP contribution in [0.1, 0.15) is 26.9 Å². The van der Waals surface area contributed by atoms with Crippen LogP contribution in [0.4, 0.5) is 5.69 Å². The molecule has 1 saturated heterocycles. The van der Waals surface area contributed by atoms with Gasteiger partial charge in [0.2, 0.25) is 0 Å². The van der Waals surface area contributed by atoms with Crippen LogP contribution < -0.4 is 4.90 Å². The van der Waals surface area contributed by atoms with E-state index in [4.69, 9.17) is 4.98 Å². The highest BCUT2D eigenvalue weighted by molar-refractivity contribution is 5.63. The smallest absolute Gasteiger partial charge is 0.0706 e. The van der Waals surface area contributed by atoms with Crippen LogP contribution in [-0.4, -0.2) is 23.5 Å². The first kappa shape index (κ1) is 14.5. The molecule has 2 heterocycles. The standard InChI is InChI=1S/C17H20N2.H2O.H2/c1-2-15-17(19-12-6-7-13-19)11-10-16(18-15)14-8-4-3-5-9-14;;/h3-5,8-11H,2,6-7,12-13H2,1H3;1H2;1H. The Bertz CT molecular complexity index is 554. The van der Waals surface area contributed by atoms with E-state index < -0.39 is 0 Å². The zero-order chi connectivity index (χ0) is 13.1. The van der Waals surface area contributed by atoms with Gasteiger partial charge in [-0.3, -0.25) is 4.98 Å². The molecule has 20 heavy (non-hydrogen) atoms. The van der Waals surface area contributed by atoms with Crippen molar-refractivity contribution in [1.29, 1.82) is 0 Å². The molecule has 108 valence electrons. The van der Waals surface area contributed by atoms with Crippen molar-refractivity contribution in [1.82, 2.24) is 4.98 Å². The minimum absolute atomic E-state index is 0. The average molecular weight is 272 g/mol. The van der Waals surface area contributed by atoms with Crippen molar-refractivity contribution in [2.45, 2.75) is 26.2 Å². The molecule has 3 nitrogen and oxygen atoms in total. The molecular formula is C17H24N2O. The fourth-order valence-corrected chi connectivity index (χ4v) is 2.77. The molecule has 3 rings (SSSR count). The van der Waals surface area contributed by atoms with Gasteiger partial charge < -0.3 is 10.4 Å². The van der Waals surface area contributed by atoms with E-state index in [1.165, 1.54) is 42.9 Å². The van der Waals surface area contributed by atoms with Crippen LogP contribution in [0.3, 0.4) is 0 Å². The second-order valence-corrected chi connectivity index (χ2v) is 5.08. The predicted molar refractivity (Wildman–Crippen MR) is 86.2 cm³/mol. The van der Waals surface area contributed by atoms with Gasteiger partial charge in [-0.2, -0.15) is 0 Å². The van der Waals surface area contributed by atoms with E-state index in [0.717, 1.165) is 12.1 Å². The summed E-state index contributed by atoms with van der Waals surface area (Å²) in [6.07, 6.45) is 3.61. The topological polar surface area (TPSA) is 47.6 Å². The maximum absolute atomic E-state index is 4.86. The highest BCUT2D eigenvalue weighted by Gasteiger charge is 2.16. The number of pyridine rings is 1. The molecule has 0 bridgehead atoms. The maximum Gasteiger partial charge on any atom is 0.0706 e. The highest BCUT2D eigenvalue weighted by Crippen LogP contribution is 2.27. The van der Waals surface area contributed by atoms with E-state index in [0.29, 0.717) is 0 Å². The molecular weight excluding hydrogens is 248 g/mol. The van der Waals surface area contributed by atoms with Crippen molar-refractivity contribution in [2.24, 2.45) is 0 Å². The van der Waals surface area contributed by atoms with Crippen LogP contribution in [-0.2, 0) is 6.42 Å². The molecule has 2 N–H and O–H groups in total. The maximum atomic E-state index is 4.86. The Morgan fingerprint density at radius 3 is 2.40 bits per heavy atom. The Balaban J connectivity index is 0.00000110. The van der Waals surface area contributed by atoms with Crippen LogP contribution in [0.25, 0.3) is 11.3 Å². The largest absolute Gasteiger partial charge is 0.412 e. The van der Waals surface area contributed by atoms with Gasteiger partial charge in [-0.25, -0.2) is 0 Å². The molecule has 0 atom stereocenters. The number of hydrogen-bond acceptors (Lipinski definition) is 2. The first-order valence-electron chi connectivity index (χ1n) is 7.19. The summed E-state index contributed by atoms with van der Waals surface area (Å²) < 4.78 is 0. The van der Waals surface area contributed by atoms with Crippen LogP contribution >= 0.6 is 0 Å². The van der Waals surface area contributed by atoms with Crippen molar-refractivity contribution in [3.8, 4) is 11.3 Å². The Morgan fingerprint density at radius 1 is 1.05 bits per heavy atom. The number of rotatable bonds is 3. The number of hydrogen-bond donors (Lipinski definition) is 0. The Morgan fingerprint density at radius 2 is 1.75 bits per heavy atom. The summed E-state index contributed by atoms with van der Waals surface area (Å²) in [6.45, 7) is 4.55. The molecule has 0 amide bonds. The summed E-state index contributed by atoms with van der Waals surface area (Å²) in [5, 5.41) is 0. The summed E-state index contributed by atoms with van der Waals surface area (Å²) >= 11 is 0. The van der Waals surface area contributed by atoms with Gasteiger partial charge in [0, 0.05) is 20.1 Å². The number of nitrogens with zero attached hydrogens (tertiary/aromatic N) is 2. The lowest BCUT2D eigenvalue weighted by Gasteiger charge is -2.21. The molecule has 3 heteroatoms. The number of aromatic nitrogens is 1. The minimum Gasteiger partial charge on any atom is -0.412 e. The molecule has 0 unspecified atom stereocenters. The van der Waals surface area contributed by atoms with Gasteiger partial charge in [-0.15, -0.1) is 0 Å². The van der Waals surface area contributed by atoms with E-state index in [1.807, 2.05) is 6.07 Å². The van der Waals surface area contributed by atoms with Gasteiger partial charge in [0.1, 0.15) is 0 Å². The fourth-order valence-electron chi connectivity index (χ4n) is 2.77. The van der Waals surface area contributed by atoms with Gasteiger partial charge in [0.25, 0.3) is 0 Å². The third-order valence-corrected chi connectivity index (χ3v) is 3.80. The zero-order valence-corrected chi connectivity index (χ0v) is 12.0. The van der Waals surface area contributed by atoms with Gasteiger partial charge in [-0.1, -0.05) is 37.3 Å². The molecule has 0 radical (unpaired) electrons. The summed E-state index contributed by atoms with van der Waals surface area (Å²) in [4.78, 5) is 7.34. The van der Waals surface area contributed by atoms with Crippen LogP contribution in [0, 0.1) is 0 Å². The van der Waals surface area contributed by atoms with Crippen LogP contribution in [0.15, 0.2) is 42.5 Å². The molecule has 1 aliphatic rings. The van der Waals surface area contributed by atoms with Crippen LogP contribution in [0.5, 0.6) is 0 Å². The number of benzene rings is 1. The predicted octanol–water partition coefficient (Wildman–Crippen LogP) is 3.33. The van der Waals surface area contributed by atoms with Crippen molar-refractivity contribution < 1.29 is 6.90 Å². The van der Waals surface area contributed by atoms with E-state index in [-0.39, 0.29) is 6.90 Å². The van der Waals surface area contributed by atoms with Crippen molar-refractivity contribution >= 4 is 5.69 Å². The lowest BCUT2D eigenvalue weighted by Crippen LogP contribution is -2.19. The van der Waals surface area contributed by atoms with Crippen molar-refractivity contribution in [3.05, 3.63) is 48.2 Å². The normalized spacial score (nSPS) is 14.2. The Kier molecular flexibility index (Phi) is 4.74. The van der Waals surface area contributed by atoms with E-state index in [9.17, 15) is 0 Å². The molecule has 1 aliphatic heterocycles. The first-order chi connectivity index (χ1) is 9.38. The van der Waals surface area contributed by atoms with Gasteiger partial charge in [0.15, 0.2) is 0 Å². The molecule has 2 aromatic rings. The number of anilines is 1. The third kappa shape index (κ3) is 2.83. The SMILES string of the molecule is CCc1nc(-c2ccccc2)ccc1N1CCCC1.O.[HH]. The third-order valence-electron chi connectivity index (χ3n) is 3.80. The van der Waals surface area contributed by atoms with Gasteiger partial charge in [0.05, 0.1) is 17.1 Å². The molecule has 1 fully saturated rings. The molecule has 0 saturated carbocycles. The van der Waals surface area contributed by atoms with Crippen molar-refractivity contribution in [2.75, 3.05) is 18.0 Å². The Labute approximate surface area is 122 Å². The second-order valence-electron chi connectivity index (χ2n) is 5.08. The van der Waals surface area contributed by atoms with E-state index in [1.54, 1.807) is 0 Å². The summed E-state index contributed by atoms with van der Waals surface area (Å²) in [5.74, 6) is 0. The van der Waals surface area contributed by atoms with Crippen molar-refractivity contribution in [3.63, 3.8) is 0 Å². The highest BCUT2D eigenvalue weighted by atomic mass is 16.0.